The Morgan fingerprint density at radius 2 is 1.83 bits per heavy atom. The summed E-state index contributed by atoms with van der Waals surface area (Å²) in [7, 11) is 1.77. The molecule has 3 saturated heterocycles. The minimum Gasteiger partial charge on any atom is -0.342 e. The SMILES string of the molecule is CCC(CCCN1CC2CN(C(C)=O)C[C@@H]2C1)N1CC[C@H](Cc2cn(-c3ccc(F)cc3C(=O)N(C)C(C)C)c3cncc(C)c23)C1. The van der Waals surface area contributed by atoms with E-state index in [1.54, 1.807) is 24.9 Å². The van der Waals surface area contributed by atoms with Crippen molar-refractivity contribution in [2.75, 3.05) is 52.9 Å². The highest BCUT2D eigenvalue weighted by Gasteiger charge is 2.40. The van der Waals surface area contributed by atoms with E-state index in [0.29, 0.717) is 35.0 Å². The van der Waals surface area contributed by atoms with Crippen molar-refractivity contribution in [1.29, 1.82) is 0 Å². The Labute approximate surface area is 279 Å². The molecule has 5 heterocycles. The van der Waals surface area contributed by atoms with Crippen molar-refractivity contribution in [3.8, 4) is 5.69 Å². The van der Waals surface area contributed by atoms with Gasteiger partial charge in [-0.05, 0) is 113 Å². The molecule has 0 saturated carbocycles. The van der Waals surface area contributed by atoms with Crippen LogP contribution in [0, 0.1) is 30.5 Å². The van der Waals surface area contributed by atoms with Gasteiger partial charge in [0.05, 0.1) is 23.0 Å². The van der Waals surface area contributed by atoms with Crippen LogP contribution in [-0.4, -0.2) is 106 Å². The van der Waals surface area contributed by atoms with Crippen LogP contribution in [-0.2, 0) is 11.2 Å². The Morgan fingerprint density at radius 3 is 2.51 bits per heavy atom. The first kappa shape index (κ1) is 33.6. The third kappa shape index (κ3) is 6.98. The first-order valence-corrected chi connectivity index (χ1v) is 17.8. The molecule has 0 aliphatic carbocycles. The van der Waals surface area contributed by atoms with E-state index in [-0.39, 0.29) is 17.9 Å². The third-order valence-electron chi connectivity index (χ3n) is 11.4. The normalized spacial score (nSPS) is 22.5. The van der Waals surface area contributed by atoms with E-state index in [2.05, 4.69) is 39.4 Å². The lowest BCUT2D eigenvalue weighted by Gasteiger charge is -2.28. The lowest BCUT2D eigenvalue weighted by molar-refractivity contribution is -0.128. The number of nitrogens with zero attached hydrogens (tertiary/aromatic N) is 6. The smallest absolute Gasteiger partial charge is 0.256 e. The summed E-state index contributed by atoms with van der Waals surface area (Å²) in [5.41, 5.74) is 4.38. The molecule has 9 heteroatoms. The molecule has 47 heavy (non-hydrogen) atoms. The molecule has 3 aliphatic rings. The fourth-order valence-corrected chi connectivity index (χ4v) is 8.51. The molecule has 2 amide bonds. The van der Waals surface area contributed by atoms with Gasteiger partial charge in [0.25, 0.3) is 5.91 Å². The third-order valence-corrected chi connectivity index (χ3v) is 11.4. The van der Waals surface area contributed by atoms with E-state index < -0.39 is 5.82 Å². The maximum Gasteiger partial charge on any atom is 0.256 e. The van der Waals surface area contributed by atoms with Gasteiger partial charge >= 0.3 is 0 Å². The van der Waals surface area contributed by atoms with Crippen molar-refractivity contribution in [1.82, 2.24) is 29.2 Å². The predicted octanol–water partition coefficient (Wildman–Crippen LogP) is 5.79. The van der Waals surface area contributed by atoms with Gasteiger partial charge in [-0.3, -0.25) is 14.6 Å². The van der Waals surface area contributed by atoms with Crippen molar-refractivity contribution >= 4 is 22.7 Å². The lowest BCUT2D eigenvalue weighted by atomic mass is 9.97. The van der Waals surface area contributed by atoms with Gasteiger partial charge < -0.3 is 24.2 Å². The molecule has 3 aromatic rings. The molecular weight excluding hydrogens is 591 g/mol. The maximum absolute atomic E-state index is 14.5. The van der Waals surface area contributed by atoms with Crippen LogP contribution < -0.4 is 0 Å². The molecule has 2 aromatic heterocycles. The van der Waals surface area contributed by atoms with Crippen LogP contribution in [0.2, 0.25) is 0 Å². The summed E-state index contributed by atoms with van der Waals surface area (Å²) in [5.74, 6) is 1.48. The van der Waals surface area contributed by atoms with Crippen LogP contribution in [0.25, 0.3) is 16.6 Å². The number of likely N-dealkylation sites (tertiary alicyclic amines) is 3. The zero-order valence-electron chi connectivity index (χ0n) is 29.2. The number of pyridine rings is 1. The number of amides is 2. The van der Waals surface area contributed by atoms with E-state index >= 15 is 0 Å². The summed E-state index contributed by atoms with van der Waals surface area (Å²) in [5, 5.41) is 1.19. The first-order valence-electron chi connectivity index (χ1n) is 17.8. The summed E-state index contributed by atoms with van der Waals surface area (Å²) in [6.07, 6.45) is 11.7. The number of aromatic nitrogens is 2. The average molecular weight is 645 g/mol. The molecule has 1 aromatic carbocycles. The Kier molecular flexibility index (Phi) is 10.0. The molecule has 6 rings (SSSR count). The molecule has 254 valence electrons. The number of hydrogen-bond acceptors (Lipinski definition) is 5. The van der Waals surface area contributed by atoms with E-state index in [1.165, 1.54) is 48.8 Å². The average Bonchev–Trinajstić information content (AvgIpc) is 3.82. The number of benzene rings is 1. The highest BCUT2D eigenvalue weighted by molar-refractivity contribution is 5.99. The van der Waals surface area contributed by atoms with E-state index in [0.717, 1.165) is 63.3 Å². The van der Waals surface area contributed by atoms with Gasteiger partial charge in [-0.25, -0.2) is 4.39 Å². The molecule has 0 spiro atoms. The second-order valence-corrected chi connectivity index (χ2v) is 14.8. The zero-order valence-corrected chi connectivity index (χ0v) is 29.2. The molecule has 8 nitrogen and oxygen atoms in total. The maximum atomic E-state index is 14.5. The fraction of sp³-hybridized carbons (Fsp3) is 0.605. The van der Waals surface area contributed by atoms with E-state index in [9.17, 15) is 14.0 Å². The highest BCUT2D eigenvalue weighted by Crippen LogP contribution is 2.34. The van der Waals surface area contributed by atoms with Crippen LogP contribution in [0.4, 0.5) is 4.39 Å². The van der Waals surface area contributed by atoms with Crippen molar-refractivity contribution in [2.24, 2.45) is 17.8 Å². The Balaban J connectivity index is 1.12. The van der Waals surface area contributed by atoms with Crippen molar-refractivity contribution in [2.45, 2.75) is 78.8 Å². The Hall–Kier alpha value is -3.30. The van der Waals surface area contributed by atoms with Gasteiger partial charge in [0.15, 0.2) is 0 Å². The van der Waals surface area contributed by atoms with Gasteiger partial charge in [-0.15, -0.1) is 0 Å². The number of carbonyl (C=O) groups is 2. The quantitative estimate of drug-likeness (QED) is 0.265. The molecule has 4 atom stereocenters. The fourth-order valence-electron chi connectivity index (χ4n) is 8.51. The molecule has 3 aliphatic heterocycles. The number of aryl methyl sites for hydroxylation is 1. The van der Waals surface area contributed by atoms with Gasteiger partial charge in [0.2, 0.25) is 5.91 Å². The first-order chi connectivity index (χ1) is 22.5. The Bertz CT molecular complexity index is 1590. The summed E-state index contributed by atoms with van der Waals surface area (Å²) in [6, 6.07) is 5.13. The minimum atomic E-state index is -0.416. The van der Waals surface area contributed by atoms with Gasteiger partial charge in [0.1, 0.15) is 5.82 Å². The molecule has 0 bridgehead atoms. The summed E-state index contributed by atoms with van der Waals surface area (Å²) in [6.45, 7) is 17.6. The van der Waals surface area contributed by atoms with Crippen LogP contribution >= 0.6 is 0 Å². The van der Waals surface area contributed by atoms with Gasteiger partial charge in [-0.1, -0.05) is 6.92 Å². The van der Waals surface area contributed by atoms with E-state index in [1.807, 2.05) is 31.1 Å². The Morgan fingerprint density at radius 1 is 1.09 bits per heavy atom. The molecule has 0 radical (unpaired) electrons. The summed E-state index contributed by atoms with van der Waals surface area (Å²) < 4.78 is 16.6. The summed E-state index contributed by atoms with van der Waals surface area (Å²) >= 11 is 0. The van der Waals surface area contributed by atoms with Gasteiger partial charge in [-0.2, -0.15) is 0 Å². The van der Waals surface area contributed by atoms with Crippen LogP contribution in [0.15, 0.2) is 36.8 Å². The lowest BCUT2D eigenvalue weighted by Crippen LogP contribution is -2.35. The molecule has 3 fully saturated rings. The van der Waals surface area contributed by atoms with E-state index in [4.69, 9.17) is 0 Å². The number of rotatable bonds is 11. The second kappa shape index (κ2) is 14.0. The standard InChI is InChI=1S/C38H53FN6O2/c1-7-33(9-8-13-42-20-30-22-44(27(5)46)23-31(30)21-42)43-14-12-28(19-43)15-29-24-45(36-18-40-17-26(4)37(29)36)35-11-10-32(39)16-34(35)38(47)41(6)25(2)3/h10-11,16-18,24-25,28,30-31,33H,7-9,12-15,19-23H2,1-6H3/t28-,30+,31?,33?/m1/s1. The highest BCUT2D eigenvalue weighted by atomic mass is 19.1. The van der Waals surface area contributed by atoms with Crippen molar-refractivity contribution in [3.05, 3.63) is 59.3 Å². The second-order valence-electron chi connectivity index (χ2n) is 14.8. The molecule has 2 unspecified atom stereocenters. The zero-order chi connectivity index (χ0) is 33.4. The van der Waals surface area contributed by atoms with Crippen LogP contribution in [0.5, 0.6) is 0 Å². The molecule has 0 N–H and O–H groups in total. The molecular formula is C38H53FN6O2. The largest absolute Gasteiger partial charge is 0.342 e. The monoisotopic (exact) mass is 644 g/mol. The van der Waals surface area contributed by atoms with Gasteiger partial charge in [0, 0.05) is 76.6 Å². The number of carbonyl (C=O) groups excluding carboxylic acids is 2. The van der Waals surface area contributed by atoms with Crippen molar-refractivity contribution in [3.63, 3.8) is 0 Å². The number of fused-ring (bicyclic) bond motifs is 2. The minimum absolute atomic E-state index is 0.00300. The van der Waals surface area contributed by atoms with Crippen molar-refractivity contribution < 1.29 is 14.0 Å². The van der Waals surface area contributed by atoms with Crippen LogP contribution in [0.1, 0.15) is 74.9 Å². The predicted molar refractivity (Wildman–Crippen MR) is 185 cm³/mol. The topological polar surface area (TPSA) is 64.9 Å². The van der Waals surface area contributed by atoms with Crippen LogP contribution in [0.3, 0.4) is 0 Å². The number of hydrogen-bond donors (Lipinski definition) is 0. The number of halogens is 1. The summed E-state index contributed by atoms with van der Waals surface area (Å²) in [4.78, 5) is 38.8.